The molecule has 3 rings (SSSR count). The fourth-order valence-electron chi connectivity index (χ4n) is 4.89. The van der Waals surface area contributed by atoms with E-state index in [2.05, 4.69) is 4.98 Å². The van der Waals surface area contributed by atoms with Gasteiger partial charge in [0.1, 0.15) is 11.9 Å². The van der Waals surface area contributed by atoms with E-state index in [9.17, 15) is 20.0 Å². The van der Waals surface area contributed by atoms with Gasteiger partial charge in [-0.3, -0.25) is 20.0 Å². The Morgan fingerprint density at radius 2 is 2.07 bits per heavy atom. The second kappa shape index (κ2) is 6.65. The SMILES string of the molecule is CC(C)(C)N(C(=O)O)C1(C)CCCN(c2c([N+](=O)[O-])cnc3c2CCC3)C1. The quantitative estimate of drug-likeness (QED) is 0.639. The molecule has 1 aromatic rings. The zero-order valence-corrected chi connectivity index (χ0v) is 16.5. The molecule has 1 aliphatic heterocycles. The van der Waals surface area contributed by atoms with Gasteiger partial charge in [0, 0.05) is 29.9 Å². The van der Waals surface area contributed by atoms with Crippen LogP contribution < -0.4 is 4.90 Å². The lowest BCUT2D eigenvalue weighted by Gasteiger charge is -2.52. The van der Waals surface area contributed by atoms with Crippen LogP contribution in [0.5, 0.6) is 0 Å². The van der Waals surface area contributed by atoms with Gasteiger partial charge in [0.15, 0.2) is 0 Å². The highest BCUT2D eigenvalue weighted by Crippen LogP contribution is 2.41. The average molecular weight is 376 g/mol. The molecule has 8 heteroatoms. The largest absolute Gasteiger partial charge is 0.465 e. The number of amides is 1. The fourth-order valence-corrected chi connectivity index (χ4v) is 4.89. The van der Waals surface area contributed by atoms with Gasteiger partial charge in [-0.1, -0.05) is 0 Å². The highest BCUT2D eigenvalue weighted by molar-refractivity contribution is 5.71. The van der Waals surface area contributed by atoms with Crippen molar-refractivity contribution in [3.05, 3.63) is 27.6 Å². The molecule has 1 aromatic heterocycles. The highest BCUT2D eigenvalue weighted by atomic mass is 16.6. The zero-order valence-electron chi connectivity index (χ0n) is 16.5. The van der Waals surface area contributed by atoms with Gasteiger partial charge in [0.05, 0.1) is 10.5 Å². The number of aromatic nitrogens is 1. The van der Waals surface area contributed by atoms with Crippen molar-refractivity contribution in [3.8, 4) is 0 Å². The van der Waals surface area contributed by atoms with Crippen LogP contribution in [0.1, 0.15) is 58.2 Å². The molecule has 2 aliphatic rings. The topological polar surface area (TPSA) is 99.8 Å². The molecule has 1 fully saturated rings. The number of carboxylic acid groups (broad SMARTS) is 1. The van der Waals surface area contributed by atoms with Gasteiger partial charge in [-0.25, -0.2) is 4.79 Å². The smallest absolute Gasteiger partial charge is 0.408 e. The van der Waals surface area contributed by atoms with E-state index in [1.807, 2.05) is 32.6 Å². The number of anilines is 1. The summed E-state index contributed by atoms with van der Waals surface area (Å²) < 4.78 is 0. The molecular weight excluding hydrogens is 348 g/mol. The van der Waals surface area contributed by atoms with E-state index in [0.717, 1.165) is 43.4 Å². The Balaban J connectivity index is 2.04. The molecule has 2 heterocycles. The number of carbonyl (C=O) groups is 1. The number of piperidine rings is 1. The summed E-state index contributed by atoms with van der Waals surface area (Å²) >= 11 is 0. The highest BCUT2D eigenvalue weighted by Gasteiger charge is 2.46. The van der Waals surface area contributed by atoms with E-state index < -0.39 is 17.2 Å². The second-order valence-electron chi connectivity index (χ2n) is 8.84. The van der Waals surface area contributed by atoms with Crippen LogP contribution in [0.3, 0.4) is 0 Å². The van der Waals surface area contributed by atoms with Gasteiger partial charge in [-0.15, -0.1) is 0 Å². The Labute approximate surface area is 159 Å². The Kier molecular flexibility index (Phi) is 4.78. The molecule has 1 aliphatic carbocycles. The minimum Gasteiger partial charge on any atom is -0.465 e. The lowest BCUT2D eigenvalue weighted by molar-refractivity contribution is -0.384. The summed E-state index contributed by atoms with van der Waals surface area (Å²) in [5.74, 6) is 0. The Morgan fingerprint density at radius 3 is 2.67 bits per heavy atom. The maximum atomic E-state index is 12.0. The van der Waals surface area contributed by atoms with Crippen molar-refractivity contribution in [1.82, 2.24) is 9.88 Å². The number of nitrogens with zero attached hydrogens (tertiary/aromatic N) is 4. The average Bonchev–Trinajstić information content (AvgIpc) is 2.99. The molecule has 1 atom stereocenters. The first-order valence-electron chi connectivity index (χ1n) is 9.48. The molecule has 0 spiro atoms. The zero-order chi connectivity index (χ0) is 20.0. The predicted octanol–water partition coefficient (Wildman–Crippen LogP) is 3.62. The Morgan fingerprint density at radius 1 is 1.37 bits per heavy atom. The van der Waals surface area contributed by atoms with Crippen molar-refractivity contribution < 1.29 is 14.8 Å². The van der Waals surface area contributed by atoms with Crippen LogP contribution in [0.2, 0.25) is 0 Å². The minimum atomic E-state index is -0.957. The molecule has 148 valence electrons. The third-order valence-corrected chi connectivity index (χ3v) is 5.65. The molecule has 1 saturated heterocycles. The van der Waals surface area contributed by atoms with Crippen molar-refractivity contribution in [2.75, 3.05) is 18.0 Å². The first-order valence-corrected chi connectivity index (χ1v) is 9.48. The number of fused-ring (bicyclic) bond motifs is 1. The van der Waals surface area contributed by atoms with E-state index >= 15 is 0 Å². The van der Waals surface area contributed by atoms with Crippen molar-refractivity contribution in [3.63, 3.8) is 0 Å². The molecule has 0 radical (unpaired) electrons. The fraction of sp³-hybridized carbons (Fsp3) is 0.684. The summed E-state index contributed by atoms with van der Waals surface area (Å²) in [6, 6.07) is 0. The summed E-state index contributed by atoms with van der Waals surface area (Å²) in [5, 5.41) is 21.5. The molecule has 27 heavy (non-hydrogen) atoms. The third-order valence-electron chi connectivity index (χ3n) is 5.65. The van der Waals surface area contributed by atoms with E-state index in [1.54, 1.807) is 0 Å². The Hall–Kier alpha value is -2.38. The number of rotatable bonds is 3. The van der Waals surface area contributed by atoms with Gasteiger partial charge < -0.3 is 10.0 Å². The van der Waals surface area contributed by atoms with Gasteiger partial charge in [-0.05, 0) is 59.8 Å². The van der Waals surface area contributed by atoms with Crippen LogP contribution in [0.15, 0.2) is 6.20 Å². The van der Waals surface area contributed by atoms with Crippen LogP contribution in [-0.4, -0.2) is 50.2 Å². The lowest BCUT2D eigenvalue weighted by atomic mass is 9.85. The monoisotopic (exact) mass is 376 g/mol. The standard InChI is InChI=1S/C19H28N4O4/c1-18(2,3)22(17(24)25)19(4)9-6-10-21(12-19)16-13-7-5-8-14(13)20-11-15(16)23(26)27/h11H,5-10,12H2,1-4H3,(H,24,25). The van der Waals surface area contributed by atoms with E-state index in [-0.39, 0.29) is 10.6 Å². The summed E-state index contributed by atoms with van der Waals surface area (Å²) in [6.45, 7) is 8.73. The van der Waals surface area contributed by atoms with Gasteiger partial charge in [0.2, 0.25) is 0 Å². The lowest BCUT2D eigenvalue weighted by Crippen LogP contribution is -2.64. The van der Waals surface area contributed by atoms with Crippen LogP contribution in [0, 0.1) is 10.1 Å². The molecule has 8 nitrogen and oxygen atoms in total. The molecule has 1 unspecified atom stereocenters. The second-order valence-corrected chi connectivity index (χ2v) is 8.84. The molecule has 0 aromatic carbocycles. The van der Waals surface area contributed by atoms with E-state index in [4.69, 9.17) is 0 Å². The van der Waals surface area contributed by atoms with Crippen LogP contribution in [0.25, 0.3) is 0 Å². The summed E-state index contributed by atoms with van der Waals surface area (Å²) in [6.07, 6.45) is 4.50. The molecule has 1 amide bonds. The van der Waals surface area contributed by atoms with Crippen molar-refractivity contribution in [2.45, 2.75) is 70.9 Å². The number of nitro groups is 1. The van der Waals surface area contributed by atoms with E-state index in [0.29, 0.717) is 18.8 Å². The third kappa shape index (κ3) is 3.44. The normalized spacial score (nSPS) is 22.4. The van der Waals surface area contributed by atoms with Crippen molar-refractivity contribution in [2.24, 2.45) is 0 Å². The molecule has 0 saturated carbocycles. The number of hydrogen-bond acceptors (Lipinski definition) is 5. The van der Waals surface area contributed by atoms with Gasteiger partial charge in [-0.2, -0.15) is 0 Å². The summed E-state index contributed by atoms with van der Waals surface area (Å²) in [4.78, 5) is 31.2. The predicted molar refractivity (Wildman–Crippen MR) is 102 cm³/mol. The van der Waals surface area contributed by atoms with Gasteiger partial charge >= 0.3 is 11.8 Å². The number of hydrogen-bond donors (Lipinski definition) is 1. The maximum Gasteiger partial charge on any atom is 0.408 e. The van der Waals surface area contributed by atoms with E-state index in [1.165, 1.54) is 11.1 Å². The van der Waals surface area contributed by atoms with Crippen LogP contribution in [-0.2, 0) is 12.8 Å². The summed E-state index contributed by atoms with van der Waals surface area (Å²) in [5.41, 5.74) is 1.39. The van der Waals surface area contributed by atoms with Crippen molar-refractivity contribution in [1.29, 1.82) is 0 Å². The first-order chi connectivity index (χ1) is 12.5. The Bertz CT molecular complexity index is 774. The maximum absolute atomic E-state index is 12.0. The number of aryl methyl sites for hydroxylation is 1. The minimum absolute atomic E-state index is 0.0255. The summed E-state index contributed by atoms with van der Waals surface area (Å²) in [7, 11) is 0. The van der Waals surface area contributed by atoms with Crippen molar-refractivity contribution >= 4 is 17.5 Å². The van der Waals surface area contributed by atoms with Crippen LogP contribution >= 0.6 is 0 Å². The first kappa shape index (κ1) is 19.4. The molecule has 0 bridgehead atoms. The van der Waals surface area contributed by atoms with Gasteiger partial charge in [0.25, 0.3) is 0 Å². The number of pyridine rings is 1. The van der Waals surface area contributed by atoms with Crippen LogP contribution in [0.4, 0.5) is 16.2 Å². The molecular formula is C19H28N4O4. The molecule has 1 N–H and O–H groups in total.